The zero-order chi connectivity index (χ0) is 18.1. The Balaban J connectivity index is 1.89. The van der Waals surface area contributed by atoms with Gasteiger partial charge in [0.1, 0.15) is 6.10 Å². The molecule has 0 aliphatic carbocycles. The lowest BCUT2D eigenvalue weighted by Crippen LogP contribution is -2.45. The number of carbonyl (C=O) groups excluding carboxylic acids is 2. The molecule has 2 amide bonds. The predicted octanol–water partition coefficient (Wildman–Crippen LogP) is 1.91. The molecule has 1 fully saturated rings. The first kappa shape index (κ1) is 19.4. The highest BCUT2D eigenvalue weighted by molar-refractivity contribution is 5.87. The Kier molecular flexibility index (Phi) is 7.88. The lowest BCUT2D eigenvalue weighted by atomic mass is 10.1. The molecule has 25 heavy (non-hydrogen) atoms. The highest BCUT2D eigenvalue weighted by Crippen LogP contribution is 2.16. The van der Waals surface area contributed by atoms with Crippen molar-refractivity contribution in [3.8, 4) is 0 Å². The normalized spacial score (nSPS) is 19.4. The number of ether oxygens (including phenoxy) is 2. The summed E-state index contributed by atoms with van der Waals surface area (Å²) in [5.41, 5.74) is 1.02. The molecule has 1 aromatic carbocycles. The lowest BCUT2D eigenvalue weighted by Gasteiger charge is -2.24. The number of rotatable bonds is 8. The molecule has 1 aliphatic heterocycles. The Labute approximate surface area is 149 Å². The summed E-state index contributed by atoms with van der Waals surface area (Å²) in [5.74, 6) is -0.273. The molecule has 2 unspecified atom stereocenters. The van der Waals surface area contributed by atoms with E-state index in [4.69, 9.17) is 9.47 Å². The summed E-state index contributed by atoms with van der Waals surface area (Å²) < 4.78 is 11.0. The molecule has 1 saturated heterocycles. The summed E-state index contributed by atoms with van der Waals surface area (Å²) in [5, 5.41) is 2.89. The van der Waals surface area contributed by atoms with Gasteiger partial charge in [0.15, 0.2) is 0 Å². The first-order valence-electron chi connectivity index (χ1n) is 8.90. The Morgan fingerprint density at radius 1 is 1.32 bits per heavy atom. The third-order valence-corrected chi connectivity index (χ3v) is 4.37. The van der Waals surface area contributed by atoms with Crippen LogP contribution in [0.1, 0.15) is 37.9 Å². The Bertz CT molecular complexity index is 550. The first-order chi connectivity index (χ1) is 12.2. The van der Waals surface area contributed by atoms with Crippen LogP contribution in [0.5, 0.6) is 0 Å². The zero-order valence-corrected chi connectivity index (χ0v) is 15.1. The minimum Gasteiger partial charge on any atom is -0.372 e. The number of nitrogens with one attached hydrogen (secondary N) is 1. The Morgan fingerprint density at radius 2 is 2.08 bits per heavy atom. The standard InChI is InChI=1S/C19H28N2O4/c1-3-25-17(15-9-5-4-6-10-15)13-20-18(22)14-21-12-8-7-11-16(24-2)19(21)23/h4-6,9-10,16-17H,3,7-8,11-14H2,1-2H3,(H,20,22). The van der Waals surface area contributed by atoms with Crippen molar-refractivity contribution in [3.05, 3.63) is 35.9 Å². The lowest BCUT2D eigenvalue weighted by molar-refractivity contribution is -0.144. The topological polar surface area (TPSA) is 67.9 Å². The maximum Gasteiger partial charge on any atom is 0.252 e. The summed E-state index contributed by atoms with van der Waals surface area (Å²) >= 11 is 0. The van der Waals surface area contributed by atoms with Crippen molar-refractivity contribution in [1.29, 1.82) is 0 Å². The van der Waals surface area contributed by atoms with Crippen LogP contribution < -0.4 is 5.32 Å². The average Bonchev–Trinajstić information content (AvgIpc) is 2.81. The zero-order valence-electron chi connectivity index (χ0n) is 15.1. The van der Waals surface area contributed by atoms with Crippen molar-refractivity contribution >= 4 is 11.8 Å². The van der Waals surface area contributed by atoms with Gasteiger partial charge >= 0.3 is 0 Å². The van der Waals surface area contributed by atoms with Crippen molar-refractivity contribution in [2.75, 3.05) is 33.4 Å². The van der Waals surface area contributed by atoms with Crippen LogP contribution in [0.25, 0.3) is 0 Å². The van der Waals surface area contributed by atoms with Gasteiger partial charge in [-0.15, -0.1) is 0 Å². The van der Waals surface area contributed by atoms with Crippen LogP contribution in [0.15, 0.2) is 30.3 Å². The van der Waals surface area contributed by atoms with Gasteiger partial charge in [0, 0.05) is 26.8 Å². The van der Waals surface area contributed by atoms with Crippen LogP contribution in [-0.2, 0) is 19.1 Å². The molecule has 2 atom stereocenters. The largest absolute Gasteiger partial charge is 0.372 e. The molecule has 2 rings (SSSR count). The fraction of sp³-hybridized carbons (Fsp3) is 0.579. The molecule has 1 N–H and O–H groups in total. The molecular formula is C19H28N2O4. The van der Waals surface area contributed by atoms with Crippen LogP contribution >= 0.6 is 0 Å². The average molecular weight is 348 g/mol. The van der Waals surface area contributed by atoms with E-state index in [9.17, 15) is 9.59 Å². The van der Waals surface area contributed by atoms with Gasteiger partial charge in [0.25, 0.3) is 5.91 Å². The van der Waals surface area contributed by atoms with Crippen molar-refractivity contribution in [2.24, 2.45) is 0 Å². The molecule has 0 radical (unpaired) electrons. The molecule has 6 heteroatoms. The van der Waals surface area contributed by atoms with E-state index in [1.807, 2.05) is 37.3 Å². The van der Waals surface area contributed by atoms with Gasteiger partial charge in [-0.25, -0.2) is 0 Å². The van der Waals surface area contributed by atoms with E-state index in [-0.39, 0.29) is 24.5 Å². The minimum atomic E-state index is -0.434. The molecule has 1 heterocycles. The van der Waals surface area contributed by atoms with Crippen LogP contribution in [0.3, 0.4) is 0 Å². The summed E-state index contributed by atoms with van der Waals surface area (Å²) in [4.78, 5) is 26.3. The van der Waals surface area contributed by atoms with Gasteiger partial charge in [-0.05, 0) is 31.7 Å². The van der Waals surface area contributed by atoms with Crippen molar-refractivity contribution in [2.45, 2.75) is 38.4 Å². The highest BCUT2D eigenvalue weighted by Gasteiger charge is 2.28. The fourth-order valence-electron chi connectivity index (χ4n) is 3.02. The number of hydrogen-bond donors (Lipinski definition) is 1. The number of hydrogen-bond acceptors (Lipinski definition) is 4. The van der Waals surface area contributed by atoms with E-state index in [1.165, 1.54) is 0 Å². The molecule has 0 aromatic heterocycles. The van der Waals surface area contributed by atoms with Crippen LogP contribution in [-0.4, -0.2) is 56.2 Å². The van der Waals surface area contributed by atoms with Crippen molar-refractivity contribution in [3.63, 3.8) is 0 Å². The second-order valence-corrected chi connectivity index (χ2v) is 6.14. The van der Waals surface area contributed by atoms with E-state index >= 15 is 0 Å². The SMILES string of the molecule is CCOC(CNC(=O)CN1CCCCC(OC)C1=O)c1ccccc1. The second-order valence-electron chi connectivity index (χ2n) is 6.14. The summed E-state index contributed by atoms with van der Waals surface area (Å²) in [7, 11) is 1.54. The molecule has 1 aromatic rings. The smallest absolute Gasteiger partial charge is 0.252 e. The number of nitrogens with zero attached hydrogens (tertiary/aromatic N) is 1. The van der Waals surface area contributed by atoms with Gasteiger partial charge in [-0.3, -0.25) is 9.59 Å². The fourth-order valence-corrected chi connectivity index (χ4v) is 3.02. The molecule has 0 bridgehead atoms. The summed E-state index contributed by atoms with van der Waals surface area (Å²) in [6.07, 6.45) is 1.92. The molecule has 0 spiro atoms. The molecular weight excluding hydrogens is 320 g/mol. The second kappa shape index (κ2) is 10.2. The number of amides is 2. The van der Waals surface area contributed by atoms with Gasteiger partial charge in [-0.1, -0.05) is 30.3 Å². The Morgan fingerprint density at radius 3 is 2.76 bits per heavy atom. The van der Waals surface area contributed by atoms with E-state index in [2.05, 4.69) is 5.32 Å². The highest BCUT2D eigenvalue weighted by atomic mass is 16.5. The first-order valence-corrected chi connectivity index (χ1v) is 8.90. The summed E-state index contributed by atoms with van der Waals surface area (Å²) in [6.45, 7) is 3.53. The number of methoxy groups -OCH3 is 1. The maximum atomic E-state index is 12.4. The Hall–Kier alpha value is -1.92. The monoisotopic (exact) mass is 348 g/mol. The number of likely N-dealkylation sites (tertiary alicyclic amines) is 1. The third kappa shape index (κ3) is 5.83. The van der Waals surface area contributed by atoms with E-state index < -0.39 is 6.10 Å². The quantitative estimate of drug-likeness (QED) is 0.779. The van der Waals surface area contributed by atoms with E-state index in [1.54, 1.807) is 12.0 Å². The van der Waals surface area contributed by atoms with Crippen molar-refractivity contribution < 1.29 is 19.1 Å². The molecule has 1 aliphatic rings. The molecule has 0 saturated carbocycles. The number of carbonyl (C=O) groups is 2. The number of benzene rings is 1. The van der Waals surface area contributed by atoms with E-state index in [0.717, 1.165) is 18.4 Å². The van der Waals surface area contributed by atoms with Crippen LogP contribution in [0, 0.1) is 0 Å². The van der Waals surface area contributed by atoms with Crippen LogP contribution in [0.4, 0.5) is 0 Å². The third-order valence-electron chi connectivity index (χ3n) is 4.37. The summed E-state index contributed by atoms with van der Waals surface area (Å²) in [6, 6.07) is 9.80. The van der Waals surface area contributed by atoms with Gasteiger partial charge in [0.05, 0.1) is 12.6 Å². The van der Waals surface area contributed by atoms with Gasteiger partial charge in [-0.2, -0.15) is 0 Å². The van der Waals surface area contributed by atoms with Crippen LogP contribution in [0.2, 0.25) is 0 Å². The minimum absolute atomic E-state index is 0.0618. The van der Waals surface area contributed by atoms with E-state index in [0.29, 0.717) is 26.1 Å². The predicted molar refractivity (Wildman–Crippen MR) is 95.0 cm³/mol. The molecule has 6 nitrogen and oxygen atoms in total. The van der Waals surface area contributed by atoms with Gasteiger partial charge < -0.3 is 19.7 Å². The van der Waals surface area contributed by atoms with Crippen molar-refractivity contribution in [1.82, 2.24) is 10.2 Å². The van der Waals surface area contributed by atoms with Gasteiger partial charge in [0.2, 0.25) is 5.91 Å². The molecule has 138 valence electrons. The maximum absolute atomic E-state index is 12.4.